The van der Waals surface area contributed by atoms with Gasteiger partial charge >= 0.3 is 0 Å². The molecule has 1 aliphatic heterocycles. The normalized spacial score (nSPS) is 21.9. The summed E-state index contributed by atoms with van der Waals surface area (Å²) >= 11 is 1.47. The second kappa shape index (κ2) is 6.96. The van der Waals surface area contributed by atoms with Gasteiger partial charge in [-0.1, -0.05) is 25.2 Å². The zero-order chi connectivity index (χ0) is 16.4. The van der Waals surface area contributed by atoms with Gasteiger partial charge in [-0.05, 0) is 39.8 Å². The molecule has 5 nitrogen and oxygen atoms in total. The third-order valence-corrected chi connectivity index (χ3v) is 5.56. The molecule has 0 spiro atoms. The Morgan fingerprint density at radius 3 is 2.64 bits per heavy atom. The van der Waals surface area contributed by atoms with Gasteiger partial charge in [-0.25, -0.2) is 4.98 Å². The zero-order valence-electron chi connectivity index (χ0n) is 14.5. The molecule has 6 heteroatoms. The lowest BCUT2D eigenvalue weighted by Gasteiger charge is -2.27. The van der Waals surface area contributed by atoms with Gasteiger partial charge in [-0.15, -0.1) is 0 Å². The van der Waals surface area contributed by atoms with Crippen molar-refractivity contribution in [3.05, 3.63) is 10.6 Å². The minimum absolute atomic E-state index is 0.133. The first kappa shape index (κ1) is 17.2. The summed E-state index contributed by atoms with van der Waals surface area (Å²) in [7, 11) is 4.21. The van der Waals surface area contributed by atoms with Crippen molar-refractivity contribution >= 4 is 22.4 Å². The Labute approximate surface area is 137 Å². The van der Waals surface area contributed by atoms with Gasteiger partial charge in [0.15, 0.2) is 5.13 Å². The van der Waals surface area contributed by atoms with Crippen LogP contribution in [0.2, 0.25) is 0 Å². The fourth-order valence-corrected chi connectivity index (χ4v) is 4.15. The van der Waals surface area contributed by atoms with Gasteiger partial charge in [0.05, 0.1) is 5.69 Å². The summed E-state index contributed by atoms with van der Waals surface area (Å²) in [5.41, 5.74) is 0.834. The van der Waals surface area contributed by atoms with Crippen molar-refractivity contribution in [1.82, 2.24) is 14.8 Å². The van der Waals surface area contributed by atoms with Crippen LogP contribution in [0.15, 0.2) is 0 Å². The first-order valence-electron chi connectivity index (χ1n) is 8.02. The minimum atomic E-state index is 0.133. The van der Waals surface area contributed by atoms with E-state index in [1.807, 2.05) is 18.7 Å². The third kappa shape index (κ3) is 3.43. The maximum atomic E-state index is 12.9. The van der Waals surface area contributed by atoms with E-state index >= 15 is 0 Å². The van der Waals surface area contributed by atoms with E-state index in [0.29, 0.717) is 17.9 Å². The molecule has 0 aromatic carbocycles. The number of rotatable bonds is 5. The molecule has 22 heavy (non-hydrogen) atoms. The number of carbonyl (C=O) groups excluding carboxylic acids is 1. The molecular formula is C16H28N4OS. The number of thiazole rings is 1. The van der Waals surface area contributed by atoms with Crippen LogP contribution < -0.4 is 5.32 Å². The van der Waals surface area contributed by atoms with E-state index in [1.54, 1.807) is 0 Å². The highest BCUT2D eigenvalue weighted by atomic mass is 32.1. The number of amides is 1. The lowest BCUT2D eigenvalue weighted by atomic mass is 9.91. The predicted molar refractivity (Wildman–Crippen MR) is 92.7 cm³/mol. The lowest BCUT2D eigenvalue weighted by Crippen LogP contribution is -2.37. The Morgan fingerprint density at radius 1 is 1.45 bits per heavy atom. The van der Waals surface area contributed by atoms with E-state index in [4.69, 9.17) is 0 Å². The largest absolute Gasteiger partial charge is 0.362 e. The molecule has 1 aromatic heterocycles. The van der Waals surface area contributed by atoms with E-state index in [-0.39, 0.29) is 5.91 Å². The SMILES string of the molecule is CCNc1nc(C)c(C(=O)N2C[C@H](C(C)C)[C@@H](N(C)C)C2)s1. The maximum Gasteiger partial charge on any atom is 0.265 e. The Morgan fingerprint density at radius 2 is 2.14 bits per heavy atom. The fourth-order valence-electron chi connectivity index (χ4n) is 3.14. The molecule has 0 bridgehead atoms. The predicted octanol–water partition coefficient (Wildman–Crippen LogP) is 2.54. The smallest absolute Gasteiger partial charge is 0.265 e. The molecule has 1 N–H and O–H groups in total. The van der Waals surface area contributed by atoms with Gasteiger partial charge < -0.3 is 15.1 Å². The van der Waals surface area contributed by atoms with Crippen molar-refractivity contribution in [3.8, 4) is 0 Å². The topological polar surface area (TPSA) is 48.5 Å². The Bertz CT molecular complexity index is 510. The van der Waals surface area contributed by atoms with Crippen LogP contribution in [-0.4, -0.2) is 60.5 Å². The second-order valence-corrected chi connectivity index (χ2v) is 7.61. The summed E-state index contributed by atoms with van der Waals surface area (Å²) in [6, 6.07) is 0.436. The van der Waals surface area contributed by atoms with Crippen LogP contribution in [-0.2, 0) is 0 Å². The molecule has 0 radical (unpaired) electrons. The van der Waals surface area contributed by atoms with E-state index < -0.39 is 0 Å². The number of aromatic nitrogens is 1. The number of nitrogens with one attached hydrogen (secondary N) is 1. The molecule has 1 amide bonds. The first-order chi connectivity index (χ1) is 10.3. The highest BCUT2D eigenvalue weighted by molar-refractivity contribution is 7.17. The molecule has 124 valence electrons. The average Bonchev–Trinajstić information content (AvgIpc) is 3.02. The number of hydrogen-bond acceptors (Lipinski definition) is 5. The van der Waals surface area contributed by atoms with Crippen molar-refractivity contribution in [2.45, 2.75) is 33.7 Å². The third-order valence-electron chi connectivity index (χ3n) is 4.46. The van der Waals surface area contributed by atoms with Crippen molar-refractivity contribution in [2.24, 2.45) is 11.8 Å². The molecule has 2 rings (SSSR count). The summed E-state index contributed by atoms with van der Waals surface area (Å²) < 4.78 is 0. The Kier molecular flexibility index (Phi) is 5.45. The Hall–Kier alpha value is -1.14. The summed E-state index contributed by atoms with van der Waals surface area (Å²) in [5, 5.41) is 4.04. The maximum absolute atomic E-state index is 12.9. The standard InChI is InChI=1S/C16H28N4OS/c1-7-17-16-18-11(4)14(22-16)15(21)20-8-12(10(2)3)13(9-20)19(5)6/h10,12-13H,7-9H2,1-6H3,(H,17,18)/t12-,13+/m1/s1. The number of carbonyl (C=O) groups is 1. The molecule has 0 unspecified atom stereocenters. The second-order valence-electron chi connectivity index (χ2n) is 6.61. The van der Waals surface area contributed by atoms with Crippen LogP contribution in [0.5, 0.6) is 0 Å². The van der Waals surface area contributed by atoms with Crippen LogP contribution in [0.25, 0.3) is 0 Å². The Balaban J connectivity index is 2.16. The van der Waals surface area contributed by atoms with E-state index in [0.717, 1.165) is 35.3 Å². The van der Waals surface area contributed by atoms with E-state index in [1.165, 1.54) is 11.3 Å². The van der Waals surface area contributed by atoms with Crippen LogP contribution in [0.4, 0.5) is 5.13 Å². The number of nitrogens with zero attached hydrogens (tertiary/aromatic N) is 3. The summed E-state index contributed by atoms with van der Waals surface area (Å²) in [6.45, 7) is 10.9. The number of aryl methyl sites for hydroxylation is 1. The van der Waals surface area contributed by atoms with Gasteiger partial charge in [0, 0.05) is 25.7 Å². The van der Waals surface area contributed by atoms with Crippen LogP contribution >= 0.6 is 11.3 Å². The summed E-state index contributed by atoms with van der Waals surface area (Å²) in [4.78, 5) is 22.4. The number of likely N-dealkylation sites (tertiary alicyclic amines) is 1. The van der Waals surface area contributed by atoms with Crippen molar-refractivity contribution < 1.29 is 4.79 Å². The van der Waals surface area contributed by atoms with Gasteiger partial charge in [-0.3, -0.25) is 4.79 Å². The van der Waals surface area contributed by atoms with Crippen LogP contribution in [0.3, 0.4) is 0 Å². The van der Waals surface area contributed by atoms with Crippen LogP contribution in [0, 0.1) is 18.8 Å². The monoisotopic (exact) mass is 324 g/mol. The molecule has 1 aromatic rings. The van der Waals surface area contributed by atoms with Gasteiger partial charge in [0.2, 0.25) is 0 Å². The molecule has 2 heterocycles. The first-order valence-corrected chi connectivity index (χ1v) is 8.83. The van der Waals surface area contributed by atoms with Gasteiger partial charge in [-0.2, -0.15) is 0 Å². The quantitative estimate of drug-likeness (QED) is 0.904. The molecule has 1 aliphatic rings. The molecular weight excluding hydrogens is 296 g/mol. The summed E-state index contributed by atoms with van der Waals surface area (Å²) in [6.07, 6.45) is 0. The van der Waals surface area contributed by atoms with Crippen molar-refractivity contribution in [2.75, 3.05) is 39.0 Å². The average molecular weight is 324 g/mol. The highest BCUT2D eigenvalue weighted by Gasteiger charge is 2.39. The van der Waals surface area contributed by atoms with Gasteiger partial charge in [0.25, 0.3) is 5.91 Å². The summed E-state index contributed by atoms with van der Waals surface area (Å²) in [5.74, 6) is 1.24. The fraction of sp³-hybridized carbons (Fsp3) is 0.750. The number of likely N-dealkylation sites (N-methyl/N-ethyl adjacent to an activating group) is 1. The molecule has 1 fully saturated rings. The van der Waals surface area contributed by atoms with Crippen LogP contribution in [0.1, 0.15) is 36.1 Å². The van der Waals surface area contributed by atoms with E-state index in [2.05, 4.69) is 43.1 Å². The molecule has 1 saturated heterocycles. The highest BCUT2D eigenvalue weighted by Crippen LogP contribution is 2.30. The van der Waals surface area contributed by atoms with E-state index in [9.17, 15) is 4.79 Å². The number of hydrogen-bond donors (Lipinski definition) is 1. The zero-order valence-corrected chi connectivity index (χ0v) is 15.3. The molecule has 0 aliphatic carbocycles. The minimum Gasteiger partial charge on any atom is -0.362 e. The molecule has 2 atom stereocenters. The number of anilines is 1. The molecule has 0 saturated carbocycles. The van der Waals surface area contributed by atoms with Gasteiger partial charge in [0.1, 0.15) is 4.88 Å². The lowest BCUT2D eigenvalue weighted by molar-refractivity contribution is 0.0783. The van der Waals surface area contributed by atoms with Crippen molar-refractivity contribution in [3.63, 3.8) is 0 Å². The van der Waals surface area contributed by atoms with Crippen molar-refractivity contribution in [1.29, 1.82) is 0 Å².